The van der Waals surface area contributed by atoms with E-state index in [0.717, 1.165) is 5.92 Å². The largest absolute Gasteiger partial charge is 0.0768 e. The first-order valence-electron chi connectivity index (χ1n) is 12.0. The van der Waals surface area contributed by atoms with Gasteiger partial charge in [0.2, 0.25) is 0 Å². The van der Waals surface area contributed by atoms with Gasteiger partial charge in [-0.3, -0.25) is 0 Å². The van der Waals surface area contributed by atoms with Crippen LogP contribution in [0.3, 0.4) is 0 Å². The molecule has 0 amide bonds. The normalized spacial score (nSPS) is 17.5. The van der Waals surface area contributed by atoms with E-state index in [-0.39, 0.29) is 0 Å². The van der Waals surface area contributed by atoms with Crippen molar-refractivity contribution in [3.8, 4) is 0 Å². The topological polar surface area (TPSA) is 0 Å². The molecule has 0 heterocycles. The number of rotatable bonds is 5. The molecule has 166 valence electrons. The lowest BCUT2D eigenvalue weighted by atomic mass is 9.74. The summed E-state index contributed by atoms with van der Waals surface area (Å²) in [5.41, 5.74) is 6.51. The standard InChI is InChI=1S/C22H38.C4H10.C2H6/c1-13(2)18-11-12-19(14(3)4)21(16(7)8)22(17(9)10)20(18)15(5)6;1-4(2)3;1-2/h11-18H,1-10H3;4H,1-3H3;1-2H3. The summed E-state index contributed by atoms with van der Waals surface area (Å²) in [5, 5.41) is 0. The molecule has 0 nitrogen and oxygen atoms in total. The third kappa shape index (κ3) is 9.15. The maximum Gasteiger partial charge on any atom is 0.00116 e. The van der Waals surface area contributed by atoms with Crippen LogP contribution in [0.1, 0.15) is 104 Å². The number of allylic oxidation sites excluding steroid dienone is 6. The van der Waals surface area contributed by atoms with E-state index in [1.54, 1.807) is 22.3 Å². The van der Waals surface area contributed by atoms with Gasteiger partial charge in [0, 0.05) is 5.92 Å². The zero-order chi connectivity index (χ0) is 22.8. The Morgan fingerprint density at radius 1 is 0.571 bits per heavy atom. The maximum atomic E-state index is 2.49. The van der Waals surface area contributed by atoms with Crippen LogP contribution in [0.2, 0.25) is 0 Å². The van der Waals surface area contributed by atoms with E-state index in [1.807, 2.05) is 13.8 Å². The summed E-state index contributed by atoms with van der Waals surface area (Å²) in [7, 11) is 0. The first-order chi connectivity index (χ1) is 12.8. The first kappa shape index (κ1) is 29.4. The third-order valence-electron chi connectivity index (χ3n) is 4.87. The van der Waals surface area contributed by atoms with Gasteiger partial charge < -0.3 is 0 Å². The van der Waals surface area contributed by atoms with Gasteiger partial charge >= 0.3 is 0 Å². The molecule has 0 bridgehead atoms. The minimum atomic E-state index is 0.572. The van der Waals surface area contributed by atoms with E-state index < -0.39 is 0 Å². The van der Waals surface area contributed by atoms with Gasteiger partial charge in [-0.25, -0.2) is 0 Å². The number of hydrogen-bond donors (Lipinski definition) is 0. The van der Waals surface area contributed by atoms with Gasteiger partial charge in [0.1, 0.15) is 0 Å². The Bertz CT molecular complexity index is 501. The average molecular weight is 391 g/mol. The second kappa shape index (κ2) is 14.2. The lowest BCUT2D eigenvalue weighted by Gasteiger charge is -2.31. The van der Waals surface area contributed by atoms with Crippen molar-refractivity contribution < 1.29 is 0 Å². The molecule has 1 unspecified atom stereocenters. The fourth-order valence-corrected chi connectivity index (χ4v) is 3.96. The van der Waals surface area contributed by atoms with Crippen LogP contribution in [0.25, 0.3) is 0 Å². The molecule has 28 heavy (non-hydrogen) atoms. The fourth-order valence-electron chi connectivity index (χ4n) is 3.96. The Labute approximate surface area is 180 Å². The molecule has 0 aromatic carbocycles. The SMILES string of the molecule is CC.CC(C)C.CC(C)C1=C(C(C)C)C(C(C)C)=C(C(C)C)C(C(C)C)C=C1. The van der Waals surface area contributed by atoms with Crippen LogP contribution in [0.15, 0.2) is 34.4 Å². The van der Waals surface area contributed by atoms with Crippen molar-refractivity contribution in [2.45, 2.75) is 104 Å². The average Bonchev–Trinajstić information content (AvgIpc) is 2.73. The highest BCUT2D eigenvalue weighted by molar-refractivity contribution is 5.50. The summed E-state index contributed by atoms with van der Waals surface area (Å²) in [6.45, 7) is 34.1. The molecule has 0 radical (unpaired) electrons. The van der Waals surface area contributed by atoms with Crippen LogP contribution >= 0.6 is 0 Å². The molecule has 1 rings (SSSR count). The highest BCUT2D eigenvalue weighted by atomic mass is 14.3. The van der Waals surface area contributed by atoms with Crippen LogP contribution in [0.4, 0.5) is 0 Å². The predicted octanol–water partition coefficient (Wildman–Crippen LogP) is 9.73. The second-order valence-corrected chi connectivity index (χ2v) is 10.2. The Morgan fingerprint density at radius 3 is 1.21 bits per heavy atom. The van der Waals surface area contributed by atoms with Gasteiger partial charge in [-0.2, -0.15) is 0 Å². The van der Waals surface area contributed by atoms with E-state index in [2.05, 4.69) is 102 Å². The monoisotopic (exact) mass is 390 g/mol. The van der Waals surface area contributed by atoms with Crippen LogP contribution in [0.5, 0.6) is 0 Å². The second-order valence-electron chi connectivity index (χ2n) is 10.2. The van der Waals surface area contributed by atoms with Crippen LogP contribution < -0.4 is 0 Å². The van der Waals surface area contributed by atoms with Crippen molar-refractivity contribution in [3.05, 3.63) is 34.4 Å². The Kier molecular flexibility index (Phi) is 15.0. The van der Waals surface area contributed by atoms with Crippen LogP contribution in [0, 0.1) is 41.4 Å². The van der Waals surface area contributed by atoms with Gasteiger partial charge in [-0.05, 0) is 52.2 Å². The van der Waals surface area contributed by atoms with Crippen molar-refractivity contribution in [3.63, 3.8) is 0 Å². The van der Waals surface area contributed by atoms with E-state index in [0.29, 0.717) is 35.5 Å². The lowest BCUT2D eigenvalue weighted by Crippen LogP contribution is -2.19. The third-order valence-corrected chi connectivity index (χ3v) is 4.87. The smallest absolute Gasteiger partial charge is 0.00116 e. The van der Waals surface area contributed by atoms with E-state index in [9.17, 15) is 0 Å². The predicted molar refractivity (Wildman–Crippen MR) is 133 cm³/mol. The van der Waals surface area contributed by atoms with E-state index in [1.165, 1.54) is 0 Å². The zero-order valence-corrected chi connectivity index (χ0v) is 22.2. The Morgan fingerprint density at radius 2 is 0.964 bits per heavy atom. The molecule has 0 fully saturated rings. The summed E-state index contributed by atoms with van der Waals surface area (Å²) >= 11 is 0. The van der Waals surface area contributed by atoms with E-state index in [4.69, 9.17) is 0 Å². The minimum Gasteiger partial charge on any atom is -0.0768 e. The van der Waals surface area contributed by atoms with Crippen molar-refractivity contribution in [1.82, 2.24) is 0 Å². The van der Waals surface area contributed by atoms with Crippen molar-refractivity contribution in [2.24, 2.45) is 41.4 Å². The van der Waals surface area contributed by atoms with Crippen LogP contribution in [-0.4, -0.2) is 0 Å². The highest BCUT2D eigenvalue weighted by Crippen LogP contribution is 2.43. The van der Waals surface area contributed by atoms with Crippen LogP contribution in [-0.2, 0) is 0 Å². The quantitative estimate of drug-likeness (QED) is 0.438. The summed E-state index contributed by atoms with van der Waals surface area (Å²) in [4.78, 5) is 0. The molecular formula is C28H54. The Balaban J connectivity index is 0. The summed E-state index contributed by atoms with van der Waals surface area (Å²) in [6, 6.07) is 0. The molecule has 1 aliphatic carbocycles. The molecule has 0 N–H and O–H groups in total. The minimum absolute atomic E-state index is 0.572. The van der Waals surface area contributed by atoms with Gasteiger partial charge in [-0.15, -0.1) is 0 Å². The van der Waals surface area contributed by atoms with Crippen molar-refractivity contribution in [2.75, 3.05) is 0 Å². The number of hydrogen-bond acceptors (Lipinski definition) is 0. The van der Waals surface area contributed by atoms with Gasteiger partial charge in [0.05, 0.1) is 0 Å². The Hall–Kier alpha value is -0.780. The van der Waals surface area contributed by atoms with Gasteiger partial charge in [-0.1, -0.05) is 122 Å². The summed E-state index contributed by atoms with van der Waals surface area (Å²) in [5.74, 6) is 4.42. The van der Waals surface area contributed by atoms with E-state index >= 15 is 0 Å². The molecule has 0 aliphatic heterocycles. The molecule has 1 aliphatic rings. The molecule has 0 aromatic rings. The lowest BCUT2D eigenvalue weighted by molar-refractivity contribution is 0.472. The van der Waals surface area contributed by atoms with Crippen molar-refractivity contribution in [1.29, 1.82) is 0 Å². The fraction of sp³-hybridized carbons (Fsp3) is 0.786. The molecule has 0 saturated carbocycles. The zero-order valence-electron chi connectivity index (χ0n) is 22.2. The van der Waals surface area contributed by atoms with Gasteiger partial charge in [0.15, 0.2) is 0 Å². The summed E-state index contributed by atoms with van der Waals surface area (Å²) < 4.78 is 0. The molecule has 0 aromatic heterocycles. The van der Waals surface area contributed by atoms with Crippen molar-refractivity contribution >= 4 is 0 Å². The highest BCUT2D eigenvalue weighted by Gasteiger charge is 2.30. The molecule has 0 heteroatoms. The molecule has 1 atom stereocenters. The molecule has 0 saturated heterocycles. The molecular weight excluding hydrogens is 336 g/mol. The van der Waals surface area contributed by atoms with Gasteiger partial charge in [0.25, 0.3) is 0 Å². The summed E-state index contributed by atoms with van der Waals surface area (Å²) in [6.07, 6.45) is 4.94. The maximum absolute atomic E-state index is 2.49. The molecule has 0 spiro atoms. The first-order valence-corrected chi connectivity index (χ1v) is 12.0.